The summed E-state index contributed by atoms with van der Waals surface area (Å²) in [5, 5.41) is 0. The van der Waals surface area contributed by atoms with Gasteiger partial charge >= 0.3 is 0 Å². The van der Waals surface area contributed by atoms with E-state index in [2.05, 4.69) is 39.7 Å². The zero-order valence-corrected chi connectivity index (χ0v) is 9.50. The van der Waals surface area contributed by atoms with Gasteiger partial charge in [0.05, 0.1) is 17.6 Å². The summed E-state index contributed by atoms with van der Waals surface area (Å²) < 4.78 is 0.895. The van der Waals surface area contributed by atoms with Crippen LogP contribution >= 0.6 is 15.9 Å². The molecule has 1 aromatic heterocycles. The Balaban J connectivity index is 2.36. The minimum Gasteiger partial charge on any atom is -0.253 e. The van der Waals surface area contributed by atoms with Crippen molar-refractivity contribution in [2.24, 2.45) is 0 Å². The van der Waals surface area contributed by atoms with Crippen LogP contribution in [-0.2, 0) is 0 Å². The van der Waals surface area contributed by atoms with Crippen LogP contribution in [0.1, 0.15) is 49.9 Å². The summed E-state index contributed by atoms with van der Waals surface area (Å²) in [6.07, 6.45) is 4.47. The fourth-order valence-corrected chi connectivity index (χ4v) is 2.00. The van der Waals surface area contributed by atoms with Crippen molar-refractivity contribution in [2.45, 2.75) is 38.5 Å². The summed E-state index contributed by atoms with van der Waals surface area (Å²) in [6, 6.07) is 0. The Morgan fingerprint density at radius 2 is 2.15 bits per heavy atom. The molecule has 1 aliphatic rings. The molecule has 0 radical (unpaired) electrons. The van der Waals surface area contributed by atoms with Gasteiger partial charge in [0.25, 0.3) is 0 Å². The van der Waals surface area contributed by atoms with Crippen LogP contribution in [-0.4, -0.2) is 9.97 Å². The SMILES string of the molecule is CC(C)c1nc(C2CC2)cnc1Br. The molecular weight excluding hydrogens is 228 g/mol. The van der Waals surface area contributed by atoms with Gasteiger partial charge in [-0.3, -0.25) is 4.98 Å². The van der Waals surface area contributed by atoms with Crippen LogP contribution < -0.4 is 0 Å². The van der Waals surface area contributed by atoms with E-state index in [-0.39, 0.29) is 0 Å². The Bertz CT molecular complexity index is 319. The number of aromatic nitrogens is 2. The van der Waals surface area contributed by atoms with E-state index in [1.54, 1.807) is 0 Å². The maximum absolute atomic E-state index is 4.62. The van der Waals surface area contributed by atoms with Crippen molar-refractivity contribution in [1.82, 2.24) is 9.97 Å². The van der Waals surface area contributed by atoms with Gasteiger partial charge in [-0.1, -0.05) is 13.8 Å². The summed E-state index contributed by atoms with van der Waals surface area (Å²) in [5.74, 6) is 1.14. The molecule has 1 heterocycles. The highest BCUT2D eigenvalue weighted by Gasteiger charge is 2.26. The first-order chi connectivity index (χ1) is 6.18. The molecule has 0 unspecified atom stereocenters. The standard InChI is InChI=1S/C10H13BrN2/c1-6(2)9-10(11)12-5-8(13-9)7-3-4-7/h5-7H,3-4H2,1-2H3. The molecule has 1 aliphatic carbocycles. The number of halogens is 1. The van der Waals surface area contributed by atoms with Crippen molar-refractivity contribution < 1.29 is 0 Å². The highest BCUT2D eigenvalue weighted by Crippen LogP contribution is 2.39. The summed E-state index contributed by atoms with van der Waals surface area (Å²) in [7, 11) is 0. The molecule has 0 N–H and O–H groups in total. The van der Waals surface area contributed by atoms with Gasteiger partial charge < -0.3 is 0 Å². The van der Waals surface area contributed by atoms with Crippen molar-refractivity contribution >= 4 is 15.9 Å². The van der Waals surface area contributed by atoms with Crippen molar-refractivity contribution in [1.29, 1.82) is 0 Å². The van der Waals surface area contributed by atoms with E-state index in [1.165, 1.54) is 18.5 Å². The summed E-state index contributed by atoms with van der Waals surface area (Å²) in [4.78, 5) is 8.94. The maximum atomic E-state index is 4.62. The molecule has 2 nitrogen and oxygen atoms in total. The molecular formula is C10H13BrN2. The predicted octanol–water partition coefficient (Wildman–Crippen LogP) is 3.24. The number of hydrogen-bond donors (Lipinski definition) is 0. The largest absolute Gasteiger partial charge is 0.253 e. The average Bonchev–Trinajstić information content (AvgIpc) is 2.87. The second-order valence-corrected chi connectivity index (χ2v) is 4.65. The lowest BCUT2D eigenvalue weighted by Crippen LogP contribution is -2.00. The molecule has 1 aromatic rings. The fraction of sp³-hybridized carbons (Fsp3) is 0.600. The monoisotopic (exact) mass is 240 g/mol. The summed E-state index contributed by atoms with van der Waals surface area (Å²) in [6.45, 7) is 4.29. The Kier molecular flexibility index (Phi) is 2.37. The third kappa shape index (κ3) is 1.90. The van der Waals surface area contributed by atoms with Gasteiger partial charge in [0.2, 0.25) is 0 Å². The molecule has 0 aliphatic heterocycles. The van der Waals surface area contributed by atoms with Gasteiger partial charge in [0.15, 0.2) is 0 Å². The molecule has 13 heavy (non-hydrogen) atoms. The van der Waals surface area contributed by atoms with Gasteiger partial charge in [-0.25, -0.2) is 4.98 Å². The molecule has 0 bridgehead atoms. The van der Waals surface area contributed by atoms with Crippen LogP contribution in [0.5, 0.6) is 0 Å². The predicted molar refractivity (Wildman–Crippen MR) is 55.8 cm³/mol. The van der Waals surface area contributed by atoms with Gasteiger partial charge in [-0.15, -0.1) is 0 Å². The van der Waals surface area contributed by atoms with Crippen LogP contribution in [0.2, 0.25) is 0 Å². The second-order valence-electron chi connectivity index (χ2n) is 3.90. The molecule has 0 saturated heterocycles. The maximum Gasteiger partial charge on any atom is 0.127 e. The molecule has 70 valence electrons. The number of rotatable bonds is 2. The number of nitrogens with zero attached hydrogens (tertiary/aromatic N) is 2. The minimum atomic E-state index is 0.445. The van der Waals surface area contributed by atoms with E-state index >= 15 is 0 Å². The molecule has 0 amide bonds. The molecule has 3 heteroatoms. The summed E-state index contributed by atoms with van der Waals surface area (Å²) in [5.41, 5.74) is 2.26. The zero-order chi connectivity index (χ0) is 9.42. The van der Waals surface area contributed by atoms with E-state index < -0.39 is 0 Å². The Morgan fingerprint density at radius 3 is 2.69 bits per heavy atom. The van der Waals surface area contributed by atoms with E-state index in [0.717, 1.165) is 10.3 Å². The quantitative estimate of drug-likeness (QED) is 0.794. The third-order valence-electron chi connectivity index (χ3n) is 2.31. The van der Waals surface area contributed by atoms with E-state index in [0.29, 0.717) is 11.8 Å². The smallest absolute Gasteiger partial charge is 0.127 e. The van der Waals surface area contributed by atoms with Crippen LogP contribution in [0.25, 0.3) is 0 Å². The Hall–Kier alpha value is -0.440. The van der Waals surface area contributed by atoms with Crippen LogP contribution in [0.15, 0.2) is 10.8 Å². The highest BCUT2D eigenvalue weighted by molar-refractivity contribution is 9.10. The normalized spacial score (nSPS) is 16.6. The lowest BCUT2D eigenvalue weighted by Gasteiger charge is -2.07. The van der Waals surface area contributed by atoms with E-state index in [1.807, 2.05) is 6.20 Å². The van der Waals surface area contributed by atoms with Crippen molar-refractivity contribution in [3.63, 3.8) is 0 Å². The highest BCUT2D eigenvalue weighted by atomic mass is 79.9. The molecule has 1 saturated carbocycles. The van der Waals surface area contributed by atoms with E-state index in [9.17, 15) is 0 Å². The van der Waals surface area contributed by atoms with Crippen molar-refractivity contribution in [3.05, 3.63) is 22.2 Å². The Morgan fingerprint density at radius 1 is 1.46 bits per heavy atom. The molecule has 0 aromatic carbocycles. The molecule has 0 atom stereocenters. The lowest BCUT2D eigenvalue weighted by atomic mass is 10.1. The molecule has 2 rings (SSSR count). The first-order valence-corrected chi connectivity index (χ1v) is 5.50. The van der Waals surface area contributed by atoms with Crippen LogP contribution in [0, 0.1) is 0 Å². The van der Waals surface area contributed by atoms with Gasteiger partial charge in [0.1, 0.15) is 4.60 Å². The summed E-state index contributed by atoms with van der Waals surface area (Å²) >= 11 is 3.43. The van der Waals surface area contributed by atoms with Crippen molar-refractivity contribution in [2.75, 3.05) is 0 Å². The lowest BCUT2D eigenvalue weighted by molar-refractivity contribution is 0.781. The van der Waals surface area contributed by atoms with E-state index in [4.69, 9.17) is 0 Å². The van der Waals surface area contributed by atoms with Crippen LogP contribution in [0.3, 0.4) is 0 Å². The molecule has 1 fully saturated rings. The molecule has 0 spiro atoms. The van der Waals surface area contributed by atoms with Crippen LogP contribution in [0.4, 0.5) is 0 Å². The minimum absolute atomic E-state index is 0.445. The zero-order valence-electron chi connectivity index (χ0n) is 7.92. The topological polar surface area (TPSA) is 25.8 Å². The first kappa shape index (κ1) is 9.13. The number of hydrogen-bond acceptors (Lipinski definition) is 2. The van der Waals surface area contributed by atoms with Gasteiger partial charge in [0, 0.05) is 5.92 Å². The second kappa shape index (κ2) is 3.37. The fourth-order valence-electron chi connectivity index (χ4n) is 1.35. The third-order valence-corrected chi connectivity index (χ3v) is 2.92. The Labute approximate surface area is 86.9 Å². The average molecular weight is 241 g/mol. The van der Waals surface area contributed by atoms with Crippen molar-refractivity contribution in [3.8, 4) is 0 Å². The van der Waals surface area contributed by atoms with Gasteiger partial charge in [-0.2, -0.15) is 0 Å². The first-order valence-electron chi connectivity index (χ1n) is 4.71. The van der Waals surface area contributed by atoms with Gasteiger partial charge in [-0.05, 0) is 34.7 Å².